The summed E-state index contributed by atoms with van der Waals surface area (Å²) in [4.78, 5) is 11.4. The second-order valence-corrected chi connectivity index (χ2v) is 3.46. The van der Waals surface area contributed by atoms with Gasteiger partial charge in [-0.2, -0.15) is 13.2 Å². The number of nitrogens with two attached hydrogens (primary N) is 1. The van der Waals surface area contributed by atoms with Crippen LogP contribution in [-0.4, -0.2) is 25.5 Å². The van der Waals surface area contributed by atoms with Crippen molar-refractivity contribution in [3.05, 3.63) is 35.1 Å². The molecule has 1 aromatic carbocycles. The number of hydrogen-bond acceptors (Lipinski definition) is 3. The zero-order valence-corrected chi connectivity index (χ0v) is 9.26. The van der Waals surface area contributed by atoms with Crippen molar-refractivity contribution in [1.82, 2.24) is 0 Å². The predicted octanol–water partition coefficient (Wildman–Crippen LogP) is 2.00. The monoisotopic (exact) mass is 265 g/mol. The summed E-state index contributed by atoms with van der Waals surface area (Å²) in [7, 11) is 0. The molecule has 3 nitrogen and oxygen atoms in total. The van der Waals surface area contributed by atoms with Crippen molar-refractivity contribution in [1.29, 1.82) is 0 Å². The van der Waals surface area contributed by atoms with Crippen molar-refractivity contribution in [3.63, 3.8) is 0 Å². The summed E-state index contributed by atoms with van der Waals surface area (Å²) in [6.07, 6.45) is -4.78. The van der Waals surface area contributed by atoms with Crippen LogP contribution in [0.4, 0.5) is 17.6 Å². The van der Waals surface area contributed by atoms with E-state index in [1.807, 2.05) is 0 Å². The molecule has 0 heterocycles. The fourth-order valence-corrected chi connectivity index (χ4v) is 1.25. The minimum atomic E-state index is -4.78. The quantitative estimate of drug-likeness (QED) is 0.503. The van der Waals surface area contributed by atoms with E-state index in [-0.39, 0.29) is 25.3 Å². The lowest BCUT2D eigenvalue weighted by atomic mass is 10.1. The fourth-order valence-electron chi connectivity index (χ4n) is 1.25. The third kappa shape index (κ3) is 3.78. The minimum absolute atomic E-state index is 0.148. The van der Waals surface area contributed by atoms with Crippen LogP contribution in [0.25, 0.3) is 0 Å². The molecule has 0 atom stereocenters. The first-order valence-electron chi connectivity index (χ1n) is 5.04. The molecule has 0 saturated carbocycles. The van der Waals surface area contributed by atoms with Gasteiger partial charge in [0.15, 0.2) is 5.78 Å². The molecule has 1 rings (SSSR count). The van der Waals surface area contributed by atoms with E-state index in [2.05, 4.69) is 0 Å². The lowest BCUT2D eigenvalue weighted by molar-refractivity contribution is -0.140. The van der Waals surface area contributed by atoms with Crippen LogP contribution < -0.4 is 5.73 Å². The Hall–Kier alpha value is -1.47. The Morgan fingerprint density at radius 3 is 2.50 bits per heavy atom. The molecule has 0 radical (unpaired) electrons. The molecule has 0 spiro atoms. The Balaban J connectivity index is 2.81. The number of alkyl halides is 3. The van der Waals surface area contributed by atoms with Gasteiger partial charge in [-0.25, -0.2) is 4.39 Å². The largest absolute Gasteiger partial charge is 0.419 e. The van der Waals surface area contributed by atoms with Crippen LogP contribution in [0.3, 0.4) is 0 Å². The summed E-state index contributed by atoms with van der Waals surface area (Å²) in [5.41, 5.74) is 3.55. The van der Waals surface area contributed by atoms with Crippen LogP contribution in [0.15, 0.2) is 18.2 Å². The normalized spacial score (nSPS) is 11.6. The Kier molecular flexibility index (Phi) is 4.80. The van der Waals surface area contributed by atoms with Crippen LogP contribution >= 0.6 is 0 Å². The number of ether oxygens (including phenoxy) is 1. The molecule has 7 heteroatoms. The minimum Gasteiger partial charge on any atom is -0.372 e. The van der Waals surface area contributed by atoms with E-state index in [0.717, 1.165) is 6.07 Å². The van der Waals surface area contributed by atoms with Gasteiger partial charge < -0.3 is 10.5 Å². The number of carbonyl (C=O) groups is 1. The van der Waals surface area contributed by atoms with E-state index < -0.39 is 23.3 Å². The molecule has 0 aromatic heterocycles. The second kappa shape index (κ2) is 5.92. The van der Waals surface area contributed by atoms with Crippen LogP contribution in [0.1, 0.15) is 15.9 Å². The van der Waals surface area contributed by atoms with E-state index in [1.54, 1.807) is 0 Å². The van der Waals surface area contributed by atoms with Crippen LogP contribution in [0.5, 0.6) is 0 Å². The molecule has 0 aliphatic carbocycles. The van der Waals surface area contributed by atoms with Gasteiger partial charge in [0, 0.05) is 12.1 Å². The molecule has 2 N–H and O–H groups in total. The highest BCUT2D eigenvalue weighted by molar-refractivity contribution is 5.97. The summed E-state index contributed by atoms with van der Waals surface area (Å²) < 4.78 is 54.8. The fraction of sp³-hybridized carbons (Fsp3) is 0.364. The molecule has 0 unspecified atom stereocenters. The lowest BCUT2D eigenvalue weighted by Crippen LogP contribution is -2.15. The molecule has 0 aliphatic rings. The standard InChI is InChI=1S/C11H11F4NO2/c12-9-5-7(10(17)6-18-4-3-16)1-2-8(9)11(13,14)15/h1-2,5H,3-4,6,16H2. The first-order valence-corrected chi connectivity index (χ1v) is 5.04. The molecule has 0 saturated heterocycles. The maximum atomic E-state index is 13.2. The number of rotatable bonds is 5. The SMILES string of the molecule is NCCOCC(=O)c1ccc(C(F)(F)F)c(F)c1. The highest BCUT2D eigenvalue weighted by Crippen LogP contribution is 2.31. The van der Waals surface area contributed by atoms with E-state index in [0.29, 0.717) is 12.1 Å². The zero-order chi connectivity index (χ0) is 13.8. The van der Waals surface area contributed by atoms with Gasteiger partial charge in [0.2, 0.25) is 0 Å². The smallest absolute Gasteiger partial charge is 0.372 e. The summed E-state index contributed by atoms with van der Waals surface area (Å²) in [6, 6.07) is 2.00. The highest BCUT2D eigenvalue weighted by Gasteiger charge is 2.34. The topological polar surface area (TPSA) is 52.3 Å². The first kappa shape index (κ1) is 14.6. The van der Waals surface area contributed by atoms with E-state index in [1.165, 1.54) is 0 Å². The van der Waals surface area contributed by atoms with Crippen molar-refractivity contribution < 1.29 is 27.1 Å². The number of carbonyl (C=O) groups excluding carboxylic acids is 1. The van der Waals surface area contributed by atoms with Gasteiger partial charge in [0.25, 0.3) is 0 Å². The molecule has 0 bridgehead atoms. The molecule has 0 aliphatic heterocycles. The van der Waals surface area contributed by atoms with Gasteiger partial charge in [-0.05, 0) is 12.1 Å². The van der Waals surface area contributed by atoms with Crippen molar-refractivity contribution in [3.8, 4) is 0 Å². The van der Waals surface area contributed by atoms with Crippen LogP contribution in [-0.2, 0) is 10.9 Å². The number of benzene rings is 1. The Bertz CT molecular complexity index is 432. The third-order valence-electron chi connectivity index (χ3n) is 2.09. The van der Waals surface area contributed by atoms with Crippen molar-refractivity contribution in [2.45, 2.75) is 6.18 Å². The summed E-state index contributed by atoms with van der Waals surface area (Å²) in [6.45, 7) is 0.0194. The summed E-state index contributed by atoms with van der Waals surface area (Å²) in [5.74, 6) is -2.08. The molecule has 100 valence electrons. The Labute approximate surface area is 101 Å². The molecule has 0 fully saturated rings. The average Bonchev–Trinajstić information content (AvgIpc) is 2.27. The third-order valence-corrected chi connectivity index (χ3v) is 2.09. The predicted molar refractivity (Wildman–Crippen MR) is 55.6 cm³/mol. The zero-order valence-electron chi connectivity index (χ0n) is 9.26. The maximum Gasteiger partial charge on any atom is 0.419 e. The van der Waals surface area contributed by atoms with Gasteiger partial charge in [0.1, 0.15) is 12.4 Å². The van der Waals surface area contributed by atoms with Crippen molar-refractivity contribution in [2.75, 3.05) is 19.8 Å². The van der Waals surface area contributed by atoms with E-state index in [4.69, 9.17) is 10.5 Å². The van der Waals surface area contributed by atoms with E-state index >= 15 is 0 Å². The number of ketones is 1. The second-order valence-electron chi connectivity index (χ2n) is 3.46. The first-order chi connectivity index (χ1) is 8.36. The number of Topliss-reactive ketones (excluding diaryl/α,β-unsaturated/α-hetero) is 1. The highest BCUT2D eigenvalue weighted by atomic mass is 19.4. The molecular weight excluding hydrogens is 254 g/mol. The Morgan fingerprint density at radius 2 is 2.00 bits per heavy atom. The number of halogens is 4. The van der Waals surface area contributed by atoms with Crippen molar-refractivity contribution in [2.24, 2.45) is 5.73 Å². The summed E-state index contributed by atoms with van der Waals surface area (Å²) in [5, 5.41) is 0. The van der Waals surface area contributed by atoms with Crippen molar-refractivity contribution >= 4 is 5.78 Å². The van der Waals surface area contributed by atoms with Gasteiger partial charge in [-0.1, -0.05) is 6.07 Å². The molecule has 1 aromatic rings. The van der Waals surface area contributed by atoms with Crippen LogP contribution in [0.2, 0.25) is 0 Å². The molecule has 18 heavy (non-hydrogen) atoms. The molecule has 0 amide bonds. The van der Waals surface area contributed by atoms with Gasteiger partial charge >= 0.3 is 6.18 Å². The Morgan fingerprint density at radius 1 is 1.33 bits per heavy atom. The van der Waals surface area contributed by atoms with Gasteiger partial charge in [0.05, 0.1) is 12.2 Å². The summed E-state index contributed by atoms with van der Waals surface area (Å²) >= 11 is 0. The van der Waals surface area contributed by atoms with Gasteiger partial charge in [-0.3, -0.25) is 4.79 Å². The van der Waals surface area contributed by atoms with E-state index in [9.17, 15) is 22.4 Å². The lowest BCUT2D eigenvalue weighted by Gasteiger charge is -2.09. The van der Waals surface area contributed by atoms with Crippen LogP contribution in [0, 0.1) is 5.82 Å². The van der Waals surface area contributed by atoms with Gasteiger partial charge in [-0.15, -0.1) is 0 Å². The maximum absolute atomic E-state index is 13.2. The average molecular weight is 265 g/mol. The number of hydrogen-bond donors (Lipinski definition) is 1. The molecular formula is C11H11F4NO2.